The molecular formula is C48H95NO5. The Morgan fingerprint density at radius 3 is 1.13 bits per heavy atom. The molecule has 0 fully saturated rings. The lowest BCUT2D eigenvalue weighted by molar-refractivity contribution is -0.151. The maximum absolute atomic E-state index is 13.1. The first kappa shape index (κ1) is 52.9. The van der Waals surface area contributed by atoms with Gasteiger partial charge in [0.25, 0.3) is 0 Å². The third kappa shape index (κ3) is 37.8. The van der Waals surface area contributed by atoms with Crippen molar-refractivity contribution in [2.45, 2.75) is 289 Å². The third-order valence-electron chi connectivity index (χ3n) is 11.4. The molecule has 3 atom stereocenters. The minimum Gasteiger partial charge on any atom is -0.462 e. The number of esters is 1. The predicted molar refractivity (Wildman–Crippen MR) is 232 cm³/mol. The van der Waals surface area contributed by atoms with Crippen LogP contribution in [0.2, 0.25) is 0 Å². The molecule has 0 aromatic rings. The lowest BCUT2D eigenvalue weighted by Crippen LogP contribution is -2.46. The smallest absolute Gasteiger partial charge is 0.306 e. The van der Waals surface area contributed by atoms with Gasteiger partial charge in [-0.3, -0.25) is 9.59 Å². The first-order valence-electron chi connectivity index (χ1n) is 24.3. The van der Waals surface area contributed by atoms with Crippen molar-refractivity contribution >= 4 is 11.9 Å². The molecule has 0 rings (SSSR count). The summed E-state index contributed by atoms with van der Waals surface area (Å²) in [5.41, 5.74) is 0. The molecule has 0 heterocycles. The van der Waals surface area contributed by atoms with Crippen LogP contribution in [-0.2, 0) is 14.3 Å². The number of aliphatic hydroxyl groups is 2. The monoisotopic (exact) mass is 766 g/mol. The van der Waals surface area contributed by atoms with Crippen LogP contribution in [-0.4, -0.2) is 46.9 Å². The maximum atomic E-state index is 13.1. The van der Waals surface area contributed by atoms with E-state index in [0.717, 1.165) is 38.5 Å². The van der Waals surface area contributed by atoms with Crippen LogP contribution in [0.3, 0.4) is 0 Å². The standard InChI is InChI=1S/C48H95NO5/c1-4-7-10-13-16-19-21-22-23-24-26-29-32-35-38-41-48(53)54-44(39-36-33-30-28-25-20-17-14-11-8-5-2)42-47(52)49-45(43-50)46(51)40-37-34-31-27-18-15-12-9-6-3/h44-46,50-51H,4-43H2,1-3H3,(H,49,52). The molecule has 54 heavy (non-hydrogen) atoms. The lowest BCUT2D eigenvalue weighted by atomic mass is 10.0. The van der Waals surface area contributed by atoms with E-state index in [1.54, 1.807) is 0 Å². The van der Waals surface area contributed by atoms with Gasteiger partial charge in [-0.15, -0.1) is 0 Å². The molecule has 0 aromatic heterocycles. The molecule has 0 spiro atoms. The lowest BCUT2D eigenvalue weighted by Gasteiger charge is -2.24. The third-order valence-corrected chi connectivity index (χ3v) is 11.4. The minimum absolute atomic E-state index is 0.0869. The molecule has 0 saturated carbocycles. The van der Waals surface area contributed by atoms with Gasteiger partial charge in [0.1, 0.15) is 6.10 Å². The van der Waals surface area contributed by atoms with Crippen molar-refractivity contribution in [3.63, 3.8) is 0 Å². The van der Waals surface area contributed by atoms with E-state index in [1.807, 2.05) is 0 Å². The topological polar surface area (TPSA) is 95.9 Å². The van der Waals surface area contributed by atoms with E-state index in [2.05, 4.69) is 26.1 Å². The van der Waals surface area contributed by atoms with Crippen molar-refractivity contribution in [2.75, 3.05) is 6.61 Å². The largest absolute Gasteiger partial charge is 0.462 e. The van der Waals surface area contributed by atoms with Gasteiger partial charge >= 0.3 is 5.97 Å². The summed E-state index contributed by atoms with van der Waals surface area (Å²) in [6.07, 6.45) is 44.5. The van der Waals surface area contributed by atoms with Crippen LogP contribution in [0.4, 0.5) is 0 Å². The number of rotatable bonds is 44. The fourth-order valence-electron chi connectivity index (χ4n) is 7.73. The average molecular weight is 766 g/mol. The van der Waals surface area contributed by atoms with Crippen molar-refractivity contribution < 1.29 is 24.5 Å². The van der Waals surface area contributed by atoms with Crippen molar-refractivity contribution in [1.29, 1.82) is 0 Å². The Balaban J connectivity index is 4.49. The Morgan fingerprint density at radius 1 is 0.463 bits per heavy atom. The summed E-state index contributed by atoms with van der Waals surface area (Å²) in [6.45, 7) is 6.48. The van der Waals surface area contributed by atoms with E-state index in [4.69, 9.17) is 4.74 Å². The molecular weight excluding hydrogens is 671 g/mol. The quantitative estimate of drug-likeness (QED) is 0.0424. The molecule has 0 aliphatic carbocycles. The van der Waals surface area contributed by atoms with Crippen molar-refractivity contribution in [2.24, 2.45) is 0 Å². The van der Waals surface area contributed by atoms with Crippen LogP contribution in [0.15, 0.2) is 0 Å². The first-order chi connectivity index (χ1) is 26.5. The number of unbranched alkanes of at least 4 members (excludes halogenated alkanes) is 32. The number of hydrogen-bond donors (Lipinski definition) is 3. The molecule has 6 nitrogen and oxygen atoms in total. The van der Waals surface area contributed by atoms with Gasteiger partial charge in [0.05, 0.1) is 25.2 Å². The highest BCUT2D eigenvalue weighted by atomic mass is 16.5. The number of ether oxygens (including phenoxy) is 1. The average Bonchev–Trinajstić information content (AvgIpc) is 3.16. The zero-order valence-corrected chi connectivity index (χ0v) is 36.6. The van der Waals surface area contributed by atoms with E-state index < -0.39 is 18.2 Å². The molecule has 322 valence electrons. The molecule has 1 amide bonds. The highest BCUT2D eigenvalue weighted by Crippen LogP contribution is 2.18. The summed E-state index contributed by atoms with van der Waals surface area (Å²) in [5.74, 6) is -0.456. The van der Waals surface area contributed by atoms with Crippen LogP contribution < -0.4 is 5.32 Å². The van der Waals surface area contributed by atoms with Gasteiger partial charge in [-0.05, 0) is 25.7 Å². The number of amides is 1. The van der Waals surface area contributed by atoms with Crippen LogP contribution in [0.25, 0.3) is 0 Å². The van der Waals surface area contributed by atoms with Crippen LogP contribution in [0, 0.1) is 0 Å². The Labute approximate surface area is 336 Å². The second kappa shape index (κ2) is 43.0. The summed E-state index contributed by atoms with van der Waals surface area (Å²) < 4.78 is 5.92. The van der Waals surface area contributed by atoms with Gasteiger partial charge in [-0.25, -0.2) is 0 Å². The molecule has 3 N–H and O–H groups in total. The van der Waals surface area contributed by atoms with E-state index in [1.165, 1.54) is 186 Å². The second-order valence-corrected chi connectivity index (χ2v) is 16.9. The Kier molecular flexibility index (Phi) is 42.1. The number of carbonyl (C=O) groups is 2. The van der Waals surface area contributed by atoms with Crippen molar-refractivity contribution in [3.8, 4) is 0 Å². The highest BCUT2D eigenvalue weighted by Gasteiger charge is 2.24. The fraction of sp³-hybridized carbons (Fsp3) is 0.958. The predicted octanol–water partition coefficient (Wildman–Crippen LogP) is 14.0. The van der Waals surface area contributed by atoms with Gasteiger partial charge in [-0.2, -0.15) is 0 Å². The molecule has 0 saturated heterocycles. The van der Waals surface area contributed by atoms with Gasteiger partial charge in [-0.1, -0.05) is 233 Å². The molecule has 0 bridgehead atoms. The van der Waals surface area contributed by atoms with Gasteiger partial charge < -0.3 is 20.3 Å². The second-order valence-electron chi connectivity index (χ2n) is 16.9. The number of aliphatic hydroxyl groups excluding tert-OH is 2. The van der Waals surface area contributed by atoms with E-state index in [9.17, 15) is 19.8 Å². The zero-order valence-electron chi connectivity index (χ0n) is 36.6. The summed E-state index contributed by atoms with van der Waals surface area (Å²) in [4.78, 5) is 26.0. The molecule has 0 aliphatic heterocycles. The summed E-state index contributed by atoms with van der Waals surface area (Å²) in [5, 5.41) is 23.6. The van der Waals surface area contributed by atoms with E-state index in [-0.39, 0.29) is 24.9 Å². The Hall–Kier alpha value is -1.14. The van der Waals surface area contributed by atoms with Crippen LogP contribution in [0.1, 0.15) is 271 Å². The summed E-state index contributed by atoms with van der Waals surface area (Å²) in [6, 6.07) is -0.690. The van der Waals surface area contributed by atoms with Crippen LogP contribution >= 0.6 is 0 Å². The maximum Gasteiger partial charge on any atom is 0.306 e. The normalized spacial score (nSPS) is 13.2. The molecule has 6 heteroatoms. The minimum atomic E-state index is -0.777. The van der Waals surface area contributed by atoms with Crippen LogP contribution in [0.5, 0.6) is 0 Å². The van der Waals surface area contributed by atoms with Gasteiger partial charge in [0.2, 0.25) is 5.91 Å². The highest BCUT2D eigenvalue weighted by molar-refractivity contribution is 5.77. The summed E-state index contributed by atoms with van der Waals surface area (Å²) >= 11 is 0. The SMILES string of the molecule is CCCCCCCCCCCCCCCCCC(=O)OC(CCCCCCCCCCCCC)CC(=O)NC(CO)C(O)CCCCCCCCCCC. The van der Waals surface area contributed by atoms with Gasteiger partial charge in [0, 0.05) is 6.42 Å². The summed E-state index contributed by atoms with van der Waals surface area (Å²) in [7, 11) is 0. The number of carbonyl (C=O) groups excluding carboxylic acids is 2. The Morgan fingerprint density at radius 2 is 0.778 bits per heavy atom. The van der Waals surface area contributed by atoms with Gasteiger partial charge in [0.15, 0.2) is 0 Å². The molecule has 0 aliphatic rings. The fourth-order valence-corrected chi connectivity index (χ4v) is 7.73. The van der Waals surface area contributed by atoms with Crippen molar-refractivity contribution in [1.82, 2.24) is 5.32 Å². The first-order valence-corrected chi connectivity index (χ1v) is 24.3. The van der Waals surface area contributed by atoms with E-state index >= 15 is 0 Å². The Bertz CT molecular complexity index is 776. The number of hydrogen-bond acceptors (Lipinski definition) is 5. The van der Waals surface area contributed by atoms with Crippen molar-refractivity contribution in [3.05, 3.63) is 0 Å². The molecule has 0 radical (unpaired) electrons. The zero-order chi connectivity index (χ0) is 39.6. The molecule has 0 aromatic carbocycles. The number of nitrogens with one attached hydrogen (secondary N) is 1. The van der Waals surface area contributed by atoms with E-state index in [0.29, 0.717) is 19.3 Å². The molecule has 3 unspecified atom stereocenters.